The summed E-state index contributed by atoms with van der Waals surface area (Å²) in [7, 11) is 0. The van der Waals surface area contributed by atoms with Crippen molar-refractivity contribution >= 4 is 46.5 Å². The lowest BCUT2D eigenvalue weighted by atomic mass is 10.1. The fraction of sp³-hybridized carbons (Fsp3) is 0.217. The van der Waals surface area contributed by atoms with Crippen LogP contribution >= 0.6 is 11.6 Å². The van der Waals surface area contributed by atoms with Gasteiger partial charge in [0.2, 0.25) is 11.8 Å². The maximum atomic E-state index is 12.2. The summed E-state index contributed by atoms with van der Waals surface area (Å²) >= 11 is 5.26. The molecule has 178 valence electrons. The zero-order valence-corrected chi connectivity index (χ0v) is 19.0. The van der Waals surface area contributed by atoms with Crippen LogP contribution < -0.4 is 20.1 Å². The first-order valence-corrected chi connectivity index (χ1v) is 10.4. The lowest BCUT2D eigenvalue weighted by Gasteiger charge is -2.22. The molecule has 0 spiro atoms. The highest BCUT2D eigenvalue weighted by atomic mass is 35.5. The van der Waals surface area contributed by atoms with Gasteiger partial charge in [0.05, 0.1) is 11.1 Å². The first kappa shape index (κ1) is 26.2. The summed E-state index contributed by atoms with van der Waals surface area (Å²) in [5.74, 6) is -2.15. The number of nitrogens with one attached hydrogen (secondary N) is 2. The fourth-order valence-electron chi connectivity index (χ4n) is 2.84. The minimum atomic E-state index is -0.777. The molecule has 10 nitrogen and oxygen atoms in total. The van der Waals surface area contributed by atoms with Gasteiger partial charge in [0.25, 0.3) is 11.1 Å². The number of imide groups is 1. The molecule has 1 unspecified atom stereocenters. The van der Waals surface area contributed by atoms with Crippen molar-refractivity contribution in [2.75, 3.05) is 0 Å². The highest BCUT2D eigenvalue weighted by Crippen LogP contribution is 2.20. The quantitative estimate of drug-likeness (QED) is 0.282. The van der Waals surface area contributed by atoms with Gasteiger partial charge in [-0.15, -0.1) is 0 Å². The number of ether oxygens (including phenoxy) is 2. The van der Waals surface area contributed by atoms with Crippen molar-refractivity contribution in [3.05, 3.63) is 59.7 Å². The maximum absolute atomic E-state index is 12.2. The van der Waals surface area contributed by atoms with E-state index >= 15 is 0 Å². The van der Waals surface area contributed by atoms with Gasteiger partial charge in [-0.2, -0.15) is 0 Å². The van der Waals surface area contributed by atoms with E-state index in [4.69, 9.17) is 21.1 Å². The smallest absolute Gasteiger partial charge is 0.308 e. The highest BCUT2D eigenvalue weighted by molar-refractivity contribution is 6.68. The van der Waals surface area contributed by atoms with Gasteiger partial charge in [-0.1, -0.05) is 24.3 Å². The van der Waals surface area contributed by atoms with E-state index < -0.39 is 35.0 Å². The molecule has 0 radical (unpaired) electrons. The van der Waals surface area contributed by atoms with Gasteiger partial charge < -0.3 is 14.8 Å². The first-order valence-electron chi connectivity index (χ1n) is 9.97. The molecule has 2 aromatic rings. The van der Waals surface area contributed by atoms with Crippen molar-refractivity contribution in [3.63, 3.8) is 0 Å². The van der Waals surface area contributed by atoms with E-state index in [1.807, 2.05) is 0 Å². The molecule has 11 heteroatoms. The molecule has 1 heterocycles. The number of hydrogen-bond donors (Lipinski definition) is 2. The summed E-state index contributed by atoms with van der Waals surface area (Å²) in [5.41, 5.74) is 0.344. The molecule has 1 atom stereocenters. The summed E-state index contributed by atoms with van der Waals surface area (Å²) in [5, 5.41) is 4.04. The molecule has 2 N–H and O–H groups in total. The van der Waals surface area contributed by atoms with Crippen LogP contribution in [-0.4, -0.2) is 40.9 Å². The van der Waals surface area contributed by atoms with E-state index in [1.165, 1.54) is 38.1 Å². The van der Waals surface area contributed by atoms with E-state index in [0.29, 0.717) is 0 Å². The second-order valence-electron chi connectivity index (χ2n) is 6.93. The van der Waals surface area contributed by atoms with E-state index in [2.05, 4.69) is 10.6 Å². The molecule has 1 aliphatic heterocycles. The second-order valence-corrected chi connectivity index (χ2v) is 7.27. The third-order valence-corrected chi connectivity index (χ3v) is 4.49. The Morgan fingerprint density at radius 3 is 1.88 bits per heavy atom. The number of carbonyl (C=O) groups is 6. The lowest BCUT2D eigenvalue weighted by Crippen LogP contribution is -2.52. The zero-order chi connectivity index (χ0) is 25.3. The van der Waals surface area contributed by atoms with Gasteiger partial charge in [0.15, 0.2) is 0 Å². The third kappa shape index (κ3) is 7.82. The molecule has 1 aliphatic rings. The second kappa shape index (κ2) is 12.3. The summed E-state index contributed by atoms with van der Waals surface area (Å²) < 4.78 is 9.71. The molecular weight excluding hydrogens is 468 g/mol. The third-order valence-electron chi connectivity index (χ3n) is 4.28. The van der Waals surface area contributed by atoms with E-state index in [1.54, 1.807) is 24.3 Å². The first-order chi connectivity index (χ1) is 16.1. The Morgan fingerprint density at radius 2 is 1.38 bits per heavy atom. The molecule has 34 heavy (non-hydrogen) atoms. The maximum Gasteiger partial charge on any atom is 0.308 e. The van der Waals surface area contributed by atoms with Crippen molar-refractivity contribution in [3.8, 4) is 11.5 Å². The van der Waals surface area contributed by atoms with E-state index in [-0.39, 0.29) is 41.4 Å². The van der Waals surface area contributed by atoms with Crippen LogP contribution in [0.15, 0.2) is 48.5 Å². The minimum Gasteiger partial charge on any atom is -0.426 e. The number of esters is 2. The van der Waals surface area contributed by atoms with Gasteiger partial charge in [0, 0.05) is 20.3 Å². The highest BCUT2D eigenvalue weighted by Gasteiger charge is 2.28. The van der Waals surface area contributed by atoms with Crippen LogP contribution in [0.25, 0.3) is 0 Å². The topological polar surface area (TPSA) is 145 Å². The molecule has 0 aliphatic carbocycles. The van der Waals surface area contributed by atoms with Gasteiger partial charge in [0.1, 0.15) is 17.5 Å². The number of carbonyl (C=O) groups excluding carboxylic acids is 6. The molecule has 0 bridgehead atoms. The molecule has 3 amide bonds. The minimum absolute atomic E-state index is 0.120. The van der Waals surface area contributed by atoms with Gasteiger partial charge in [-0.05, 0) is 42.3 Å². The van der Waals surface area contributed by atoms with E-state index in [9.17, 15) is 28.8 Å². The molecule has 1 saturated heterocycles. The predicted molar refractivity (Wildman–Crippen MR) is 119 cm³/mol. The van der Waals surface area contributed by atoms with Gasteiger partial charge in [-0.25, -0.2) is 0 Å². The lowest BCUT2D eigenvalue weighted by molar-refractivity contribution is -0.135. The zero-order valence-electron chi connectivity index (χ0n) is 18.3. The molecule has 2 aromatic carbocycles. The number of piperidine rings is 1. The number of hydrogen-bond acceptors (Lipinski definition) is 8. The Morgan fingerprint density at radius 1 is 0.882 bits per heavy atom. The number of rotatable bonds is 5. The molecule has 3 rings (SSSR count). The van der Waals surface area contributed by atoms with E-state index in [0.717, 1.165) is 0 Å². The molecule has 0 aromatic heterocycles. The van der Waals surface area contributed by atoms with Gasteiger partial charge in [-0.3, -0.25) is 34.1 Å². The Labute approximate surface area is 199 Å². The van der Waals surface area contributed by atoms with Crippen LogP contribution in [0.2, 0.25) is 0 Å². The van der Waals surface area contributed by atoms with Crippen LogP contribution in [0.5, 0.6) is 11.5 Å². The Balaban J connectivity index is 0.000000270. The van der Waals surface area contributed by atoms with Crippen LogP contribution in [0.1, 0.15) is 47.4 Å². The number of benzene rings is 2. The average molecular weight is 489 g/mol. The average Bonchev–Trinajstić information content (AvgIpc) is 2.76. The summed E-state index contributed by atoms with van der Waals surface area (Å²) in [6.45, 7) is 2.49. The van der Waals surface area contributed by atoms with Crippen LogP contribution in [0.4, 0.5) is 0 Å². The fourth-order valence-corrected chi connectivity index (χ4v) is 2.99. The number of halogens is 1. The Hall–Kier alpha value is -4.05. The predicted octanol–water partition coefficient (Wildman–Crippen LogP) is 2.14. The van der Waals surface area contributed by atoms with Crippen molar-refractivity contribution in [2.24, 2.45) is 0 Å². The van der Waals surface area contributed by atoms with Crippen molar-refractivity contribution in [1.29, 1.82) is 0 Å². The summed E-state index contributed by atoms with van der Waals surface area (Å²) in [6, 6.07) is 11.7. The normalized spacial score (nSPS) is 14.6. The Bertz CT molecular complexity index is 1130. The summed E-state index contributed by atoms with van der Waals surface area (Å²) in [4.78, 5) is 67.3. The molecular formula is C23H21ClN2O8. The Kier molecular flexibility index (Phi) is 9.45. The number of para-hydroxylation sites is 2. The largest absolute Gasteiger partial charge is 0.426 e. The van der Waals surface area contributed by atoms with Crippen molar-refractivity contribution in [1.82, 2.24) is 10.6 Å². The van der Waals surface area contributed by atoms with Crippen LogP contribution in [0, 0.1) is 0 Å². The number of amides is 3. The monoisotopic (exact) mass is 488 g/mol. The molecule has 1 fully saturated rings. The SMILES string of the molecule is CC(=O)Oc1ccccc1C(=O)Cl.CC(=O)Oc1ccccc1C(=O)NC1CCC(=O)NC1=O. The standard InChI is InChI=1S/C14H14N2O5.C9H7ClO3/c1-8(17)21-11-5-3-2-4-9(11)13(19)15-10-6-7-12(18)16-14(10)20;1-6(11)13-8-5-3-2-4-7(8)9(10)12/h2-5,10H,6-7H2,1H3,(H,15,19)(H,16,18,20);2-5H,1H3. The summed E-state index contributed by atoms with van der Waals surface area (Å²) in [6.07, 6.45) is 0.411. The van der Waals surface area contributed by atoms with Crippen LogP contribution in [0.3, 0.4) is 0 Å². The van der Waals surface area contributed by atoms with Crippen LogP contribution in [-0.2, 0) is 19.2 Å². The van der Waals surface area contributed by atoms with Gasteiger partial charge >= 0.3 is 11.9 Å². The van der Waals surface area contributed by atoms with Crippen molar-refractivity contribution in [2.45, 2.75) is 32.7 Å². The molecule has 0 saturated carbocycles. The van der Waals surface area contributed by atoms with Crippen molar-refractivity contribution < 1.29 is 38.2 Å².